The molecule has 0 radical (unpaired) electrons. The smallest absolute Gasteiger partial charge is 0.226 e. The van der Waals surface area contributed by atoms with Gasteiger partial charge >= 0.3 is 0 Å². The Kier molecular flexibility index (Phi) is 2.91. The number of ether oxygens (including phenoxy) is 2. The molecule has 0 saturated heterocycles. The maximum absolute atomic E-state index is 12.6. The van der Waals surface area contributed by atoms with E-state index in [1.165, 1.54) is 0 Å². The molecule has 1 aromatic carbocycles. The Balaban J connectivity index is 2.45. The summed E-state index contributed by atoms with van der Waals surface area (Å²) >= 11 is 0. The molecule has 2 aromatic rings. The fourth-order valence-corrected chi connectivity index (χ4v) is 2.53. The minimum Gasteiger partial charge on any atom is -0.465 e. The van der Waals surface area contributed by atoms with Crippen LogP contribution in [0.25, 0.3) is 17.0 Å². The van der Waals surface area contributed by atoms with Crippen LogP contribution in [-0.2, 0) is 9.47 Å². The van der Waals surface area contributed by atoms with E-state index in [-0.39, 0.29) is 5.43 Å². The van der Waals surface area contributed by atoms with E-state index >= 15 is 0 Å². The fourth-order valence-electron chi connectivity index (χ4n) is 2.53. The SMILES string of the molecule is COC1OC(C)=Cc2c1ccc1oc(C)c(C)c(=O)c21. The summed E-state index contributed by atoms with van der Waals surface area (Å²) in [5.74, 6) is 1.37. The zero-order valence-electron chi connectivity index (χ0n) is 11.9. The third kappa shape index (κ3) is 1.76. The van der Waals surface area contributed by atoms with Gasteiger partial charge in [0.15, 0.2) is 5.43 Å². The van der Waals surface area contributed by atoms with Crippen molar-refractivity contribution in [2.75, 3.05) is 7.11 Å². The van der Waals surface area contributed by atoms with E-state index in [1.807, 2.05) is 19.1 Å². The third-order valence-electron chi connectivity index (χ3n) is 3.71. The van der Waals surface area contributed by atoms with Crippen LogP contribution in [0.3, 0.4) is 0 Å². The van der Waals surface area contributed by atoms with E-state index in [1.54, 1.807) is 27.0 Å². The van der Waals surface area contributed by atoms with Crippen LogP contribution in [0.5, 0.6) is 0 Å². The lowest BCUT2D eigenvalue weighted by Crippen LogP contribution is -2.15. The zero-order valence-corrected chi connectivity index (χ0v) is 11.9. The van der Waals surface area contributed by atoms with E-state index in [4.69, 9.17) is 13.9 Å². The van der Waals surface area contributed by atoms with Gasteiger partial charge in [-0.15, -0.1) is 0 Å². The molecular formula is C16H16O4. The molecule has 0 spiro atoms. The van der Waals surface area contributed by atoms with Crippen molar-refractivity contribution >= 4 is 17.0 Å². The highest BCUT2D eigenvalue weighted by Crippen LogP contribution is 2.35. The molecule has 1 aliphatic rings. The highest BCUT2D eigenvalue weighted by atomic mass is 16.7. The number of fused-ring (bicyclic) bond motifs is 3. The molecule has 1 unspecified atom stereocenters. The summed E-state index contributed by atoms with van der Waals surface area (Å²) in [6.45, 7) is 5.43. The maximum atomic E-state index is 12.6. The molecule has 4 heteroatoms. The first-order chi connectivity index (χ1) is 9.52. The molecule has 1 atom stereocenters. The largest absolute Gasteiger partial charge is 0.465 e. The monoisotopic (exact) mass is 272 g/mol. The Morgan fingerprint density at radius 2 is 1.95 bits per heavy atom. The van der Waals surface area contributed by atoms with Crippen LogP contribution in [0.15, 0.2) is 27.1 Å². The summed E-state index contributed by atoms with van der Waals surface area (Å²) < 4.78 is 16.7. The van der Waals surface area contributed by atoms with Gasteiger partial charge < -0.3 is 13.9 Å². The molecule has 3 rings (SSSR count). The summed E-state index contributed by atoms with van der Waals surface area (Å²) in [5, 5.41) is 0.593. The second kappa shape index (κ2) is 4.49. The Labute approximate surface area is 116 Å². The summed E-state index contributed by atoms with van der Waals surface area (Å²) in [4.78, 5) is 12.6. The number of allylic oxidation sites excluding steroid dienone is 1. The third-order valence-corrected chi connectivity index (χ3v) is 3.71. The summed E-state index contributed by atoms with van der Waals surface area (Å²) in [6.07, 6.45) is 1.37. The van der Waals surface area contributed by atoms with Crippen molar-refractivity contribution in [2.45, 2.75) is 27.1 Å². The number of benzene rings is 1. The molecular weight excluding hydrogens is 256 g/mol. The van der Waals surface area contributed by atoms with E-state index < -0.39 is 6.29 Å². The van der Waals surface area contributed by atoms with Crippen LogP contribution in [-0.4, -0.2) is 7.11 Å². The molecule has 20 heavy (non-hydrogen) atoms. The lowest BCUT2D eigenvalue weighted by molar-refractivity contribution is -0.0984. The van der Waals surface area contributed by atoms with Crippen molar-refractivity contribution in [1.29, 1.82) is 0 Å². The lowest BCUT2D eigenvalue weighted by Gasteiger charge is -2.25. The van der Waals surface area contributed by atoms with Crippen LogP contribution in [0.1, 0.15) is 35.7 Å². The molecule has 104 valence electrons. The van der Waals surface area contributed by atoms with Gasteiger partial charge in [-0.05, 0) is 39.0 Å². The second-order valence-electron chi connectivity index (χ2n) is 4.99. The van der Waals surface area contributed by atoms with Crippen LogP contribution in [0.4, 0.5) is 0 Å². The fraction of sp³-hybridized carbons (Fsp3) is 0.312. The van der Waals surface area contributed by atoms with E-state index in [2.05, 4.69) is 0 Å². The maximum Gasteiger partial charge on any atom is 0.226 e. The summed E-state index contributed by atoms with van der Waals surface area (Å²) in [5.41, 5.74) is 2.91. The number of aryl methyl sites for hydroxylation is 1. The van der Waals surface area contributed by atoms with Crippen molar-refractivity contribution in [3.63, 3.8) is 0 Å². The molecule has 4 nitrogen and oxygen atoms in total. The predicted octanol–water partition coefficient (Wildman–Crippen LogP) is 3.45. The minimum atomic E-state index is -0.486. The van der Waals surface area contributed by atoms with Gasteiger partial charge in [-0.3, -0.25) is 4.79 Å². The van der Waals surface area contributed by atoms with Gasteiger partial charge in [0.05, 0.1) is 11.1 Å². The van der Waals surface area contributed by atoms with Crippen molar-refractivity contribution in [3.8, 4) is 0 Å². The van der Waals surface area contributed by atoms with Crippen molar-refractivity contribution in [3.05, 3.63) is 50.6 Å². The van der Waals surface area contributed by atoms with E-state index in [9.17, 15) is 4.79 Å². The first-order valence-electron chi connectivity index (χ1n) is 6.47. The van der Waals surface area contributed by atoms with E-state index in [0.29, 0.717) is 22.3 Å². The van der Waals surface area contributed by atoms with Gasteiger partial charge in [0.1, 0.15) is 11.3 Å². The molecule has 0 saturated carbocycles. The highest BCUT2D eigenvalue weighted by molar-refractivity contribution is 5.89. The number of hydrogen-bond donors (Lipinski definition) is 0. The highest BCUT2D eigenvalue weighted by Gasteiger charge is 2.24. The van der Waals surface area contributed by atoms with Crippen molar-refractivity contribution in [1.82, 2.24) is 0 Å². The minimum absolute atomic E-state index is 0.00130. The Morgan fingerprint density at radius 3 is 2.65 bits per heavy atom. The molecule has 0 aliphatic carbocycles. The van der Waals surface area contributed by atoms with Crippen LogP contribution >= 0.6 is 0 Å². The molecule has 0 fully saturated rings. The normalized spacial score (nSPS) is 17.6. The zero-order chi connectivity index (χ0) is 14.4. The molecule has 1 aliphatic heterocycles. The van der Waals surface area contributed by atoms with Gasteiger partial charge in [-0.1, -0.05) is 0 Å². The van der Waals surface area contributed by atoms with Crippen molar-refractivity contribution in [2.24, 2.45) is 0 Å². The van der Waals surface area contributed by atoms with Gasteiger partial charge in [-0.25, -0.2) is 0 Å². The Hall–Kier alpha value is -2.07. The van der Waals surface area contributed by atoms with Crippen LogP contribution in [0, 0.1) is 13.8 Å². The molecule has 2 heterocycles. The summed E-state index contributed by atoms with van der Waals surface area (Å²) in [7, 11) is 1.58. The predicted molar refractivity (Wildman–Crippen MR) is 76.4 cm³/mol. The Bertz CT molecular complexity index is 783. The first-order valence-corrected chi connectivity index (χ1v) is 6.47. The van der Waals surface area contributed by atoms with Crippen molar-refractivity contribution < 1.29 is 13.9 Å². The lowest BCUT2D eigenvalue weighted by atomic mass is 9.98. The van der Waals surface area contributed by atoms with E-state index in [0.717, 1.165) is 16.9 Å². The molecule has 0 N–H and O–H groups in total. The number of methoxy groups -OCH3 is 1. The van der Waals surface area contributed by atoms with Crippen LogP contribution in [0.2, 0.25) is 0 Å². The summed E-state index contributed by atoms with van der Waals surface area (Å²) in [6, 6.07) is 3.68. The van der Waals surface area contributed by atoms with Gasteiger partial charge in [0.25, 0.3) is 0 Å². The molecule has 1 aromatic heterocycles. The van der Waals surface area contributed by atoms with Gasteiger partial charge in [0, 0.05) is 23.8 Å². The quantitative estimate of drug-likeness (QED) is 0.797. The van der Waals surface area contributed by atoms with Gasteiger partial charge in [-0.2, -0.15) is 0 Å². The average molecular weight is 272 g/mol. The number of hydrogen-bond acceptors (Lipinski definition) is 4. The van der Waals surface area contributed by atoms with Crippen LogP contribution < -0.4 is 5.43 Å². The standard InChI is InChI=1S/C16H16O4/c1-8-7-12-11(16(18-4)19-8)5-6-13-14(12)15(17)9(2)10(3)20-13/h5-7,16H,1-4H3. The topological polar surface area (TPSA) is 48.7 Å². The number of rotatable bonds is 1. The average Bonchev–Trinajstić information content (AvgIpc) is 2.43. The Morgan fingerprint density at radius 1 is 1.20 bits per heavy atom. The molecule has 0 bridgehead atoms. The second-order valence-corrected chi connectivity index (χ2v) is 4.99. The first kappa shape index (κ1) is 12.9. The molecule has 0 amide bonds. The van der Waals surface area contributed by atoms with Gasteiger partial charge in [0.2, 0.25) is 6.29 Å².